The van der Waals surface area contributed by atoms with Crippen LogP contribution in [-0.2, 0) is 33.2 Å². The molecule has 14 nitrogen and oxygen atoms in total. The van der Waals surface area contributed by atoms with Crippen molar-refractivity contribution >= 4 is 5.97 Å². The van der Waals surface area contributed by atoms with Crippen LogP contribution in [0.4, 0.5) is 0 Å². The van der Waals surface area contributed by atoms with Gasteiger partial charge in [-0.25, -0.2) is 0 Å². The van der Waals surface area contributed by atoms with Gasteiger partial charge in [0.25, 0.3) is 0 Å². The van der Waals surface area contributed by atoms with Crippen LogP contribution in [0.15, 0.2) is 109 Å². The number of rotatable bonds is 54. The fourth-order valence-electron chi connectivity index (χ4n) is 10.0. The van der Waals surface area contributed by atoms with Gasteiger partial charge in [-0.1, -0.05) is 239 Å². The Morgan fingerprint density at radius 2 is 0.729 bits per heavy atom. The van der Waals surface area contributed by atoms with E-state index in [-0.39, 0.29) is 25.6 Å². The number of aliphatic hydroxyl groups is 7. The minimum atomic E-state index is -1.71. The molecular weight excluding hydrogens is 1080 g/mol. The molecule has 85 heavy (non-hydrogen) atoms. The van der Waals surface area contributed by atoms with Crippen LogP contribution in [0.1, 0.15) is 232 Å². The van der Waals surface area contributed by atoms with Crippen molar-refractivity contribution in [2.24, 2.45) is 0 Å². The summed E-state index contributed by atoms with van der Waals surface area (Å²) in [5.74, 6) is -0.382. The van der Waals surface area contributed by atoms with Gasteiger partial charge in [0.05, 0.1) is 26.4 Å². The van der Waals surface area contributed by atoms with Crippen LogP contribution in [0.2, 0.25) is 0 Å². The van der Waals surface area contributed by atoms with E-state index in [1.807, 2.05) is 0 Å². The van der Waals surface area contributed by atoms with Gasteiger partial charge in [-0.3, -0.25) is 4.79 Å². The zero-order chi connectivity index (χ0) is 61.5. The molecule has 0 amide bonds. The Hall–Kier alpha value is -3.35. The predicted octanol–water partition coefficient (Wildman–Crippen LogP) is 13.9. The quantitative estimate of drug-likeness (QED) is 0.0171. The van der Waals surface area contributed by atoms with Gasteiger partial charge in [0.2, 0.25) is 0 Å². The topological polar surface area (TPSA) is 214 Å². The number of carbonyl (C=O) groups excluding carboxylic acids is 1. The van der Waals surface area contributed by atoms with Gasteiger partial charge >= 0.3 is 5.97 Å². The van der Waals surface area contributed by atoms with Crippen LogP contribution < -0.4 is 0 Å². The molecule has 0 aliphatic carbocycles. The van der Waals surface area contributed by atoms with E-state index in [1.165, 1.54) is 96.3 Å². The molecule has 2 heterocycles. The molecule has 0 saturated carbocycles. The summed E-state index contributed by atoms with van der Waals surface area (Å²) in [5.41, 5.74) is 0. The van der Waals surface area contributed by atoms with Gasteiger partial charge in [-0.15, -0.1) is 0 Å². The van der Waals surface area contributed by atoms with Crippen molar-refractivity contribution in [1.82, 2.24) is 0 Å². The highest BCUT2D eigenvalue weighted by molar-refractivity contribution is 5.69. The molecule has 0 aromatic heterocycles. The smallest absolute Gasteiger partial charge is 0.306 e. The molecule has 7 N–H and O–H groups in total. The average Bonchev–Trinajstić information content (AvgIpc) is 2.82. The third kappa shape index (κ3) is 41.5. The van der Waals surface area contributed by atoms with Gasteiger partial charge in [0.15, 0.2) is 12.6 Å². The summed E-state index contributed by atoms with van der Waals surface area (Å²) in [5, 5.41) is 72.6. The molecule has 488 valence electrons. The summed E-state index contributed by atoms with van der Waals surface area (Å²) in [6.07, 6.45) is 61.5. The lowest BCUT2D eigenvalue weighted by molar-refractivity contribution is -0.332. The van der Waals surface area contributed by atoms with E-state index in [1.54, 1.807) is 0 Å². The fraction of sp³-hybridized carbons (Fsp3) is 0.732. The van der Waals surface area contributed by atoms with E-state index < -0.39 is 80.7 Å². The van der Waals surface area contributed by atoms with Gasteiger partial charge in [-0.05, 0) is 96.3 Å². The minimum Gasteiger partial charge on any atom is -0.457 e. The van der Waals surface area contributed by atoms with Crippen LogP contribution in [0, 0.1) is 0 Å². The second kappa shape index (κ2) is 55.9. The Morgan fingerprint density at radius 3 is 1.14 bits per heavy atom. The van der Waals surface area contributed by atoms with Crippen molar-refractivity contribution in [3.63, 3.8) is 0 Å². The number of esters is 1. The first kappa shape index (κ1) is 77.7. The molecular formula is C71H120O14. The van der Waals surface area contributed by atoms with Crippen LogP contribution in [0.25, 0.3) is 0 Å². The first-order valence-electron chi connectivity index (χ1n) is 33.5. The Bertz CT molecular complexity index is 1820. The van der Waals surface area contributed by atoms with Crippen molar-refractivity contribution in [1.29, 1.82) is 0 Å². The van der Waals surface area contributed by atoms with E-state index in [0.717, 1.165) is 109 Å². The molecule has 0 aromatic carbocycles. The average molecular weight is 1200 g/mol. The highest BCUT2D eigenvalue weighted by Gasteiger charge is 2.47. The maximum Gasteiger partial charge on any atom is 0.306 e. The summed E-state index contributed by atoms with van der Waals surface area (Å²) in [4.78, 5) is 13.2. The maximum atomic E-state index is 13.2. The number of carbonyl (C=O) groups is 1. The molecule has 2 fully saturated rings. The predicted molar refractivity (Wildman–Crippen MR) is 344 cm³/mol. The van der Waals surface area contributed by atoms with Gasteiger partial charge < -0.3 is 64.2 Å². The van der Waals surface area contributed by atoms with Gasteiger partial charge in [0, 0.05) is 13.0 Å². The SMILES string of the molecule is CC/C=C\C/C=C\C/C=C\C/C=C\C/C=C\CCCCCCCCCCCCOCC(COC1OC(COC2OC(CO)C(O)C(O)C2O)C(O)C(O)C1O)OC(=O)CCCCCCCCCCCCCC/C=C\C/C=C\C/C=C\C/C=C\CC. The monoisotopic (exact) mass is 1200 g/mol. The highest BCUT2D eigenvalue weighted by Crippen LogP contribution is 2.27. The molecule has 2 saturated heterocycles. The third-order valence-corrected chi connectivity index (χ3v) is 15.3. The zero-order valence-electron chi connectivity index (χ0n) is 52.8. The van der Waals surface area contributed by atoms with Crippen LogP contribution >= 0.6 is 0 Å². The maximum absolute atomic E-state index is 13.2. The summed E-state index contributed by atoms with van der Waals surface area (Å²) in [6, 6.07) is 0. The zero-order valence-corrected chi connectivity index (χ0v) is 52.8. The fourth-order valence-corrected chi connectivity index (χ4v) is 10.0. The molecule has 2 aliphatic rings. The molecule has 14 heteroatoms. The second-order valence-electron chi connectivity index (χ2n) is 22.9. The van der Waals surface area contributed by atoms with Crippen molar-refractivity contribution < 1.29 is 69.0 Å². The Kier molecular flexibility index (Phi) is 51.2. The minimum absolute atomic E-state index is 0.0521. The second-order valence-corrected chi connectivity index (χ2v) is 22.9. The first-order chi connectivity index (χ1) is 41.6. The number of aliphatic hydroxyl groups excluding tert-OH is 7. The van der Waals surface area contributed by atoms with Crippen molar-refractivity contribution in [2.45, 2.75) is 300 Å². The first-order valence-corrected chi connectivity index (χ1v) is 33.5. The number of unbranched alkanes of at least 4 members (excludes halogenated alkanes) is 22. The van der Waals surface area contributed by atoms with Crippen molar-refractivity contribution in [2.75, 3.05) is 33.0 Å². The molecule has 11 unspecified atom stereocenters. The standard InChI is InChI=1S/C71H120O14/c1-3-5-7-9-11-13-15-17-19-21-23-25-27-29-31-33-35-37-39-41-43-45-47-49-51-53-55-80-57-60(58-81-70-69(79)67(77)65(75)62(85-70)59-82-71-68(78)66(76)64(74)61(56-72)84-71)83-63(73)54-52-50-48-46-44-42-40-38-36-34-32-30-28-26-24-22-20-18-16-14-12-10-8-6-4-2/h5-8,11-14,17-20,23-26,29,31,60-62,64-72,74-79H,3-4,9-10,15-16,21-22,27-28,30,32-59H2,1-2H3/b7-5-,8-6-,13-11-,14-12-,19-17-,20-18-,25-23-,26-24-,31-29-. The van der Waals surface area contributed by atoms with Gasteiger partial charge in [-0.2, -0.15) is 0 Å². The molecule has 0 spiro atoms. The van der Waals surface area contributed by atoms with Crippen LogP contribution in [0.3, 0.4) is 0 Å². The summed E-state index contributed by atoms with van der Waals surface area (Å²) >= 11 is 0. The van der Waals surface area contributed by atoms with E-state index >= 15 is 0 Å². The van der Waals surface area contributed by atoms with Crippen molar-refractivity contribution in [3.05, 3.63) is 109 Å². The summed E-state index contributed by atoms with van der Waals surface area (Å²) in [6.45, 7) is 3.46. The number of hydrogen-bond donors (Lipinski definition) is 7. The third-order valence-electron chi connectivity index (χ3n) is 15.3. The van der Waals surface area contributed by atoms with E-state index in [2.05, 4.69) is 123 Å². The lowest BCUT2D eigenvalue weighted by Gasteiger charge is -2.42. The number of allylic oxidation sites excluding steroid dienone is 18. The molecule has 11 atom stereocenters. The van der Waals surface area contributed by atoms with E-state index in [0.29, 0.717) is 13.0 Å². The summed E-state index contributed by atoms with van der Waals surface area (Å²) < 4.78 is 34.5. The normalized spacial score (nSPS) is 23.9. The Morgan fingerprint density at radius 1 is 0.388 bits per heavy atom. The molecule has 2 aliphatic heterocycles. The number of ether oxygens (including phenoxy) is 6. The summed E-state index contributed by atoms with van der Waals surface area (Å²) in [7, 11) is 0. The molecule has 0 radical (unpaired) electrons. The lowest BCUT2D eigenvalue weighted by Crippen LogP contribution is -2.61. The van der Waals surface area contributed by atoms with E-state index in [4.69, 9.17) is 28.4 Å². The molecule has 0 aromatic rings. The molecule has 0 bridgehead atoms. The Labute approximate surface area is 514 Å². The van der Waals surface area contributed by atoms with Gasteiger partial charge in [0.1, 0.15) is 54.9 Å². The molecule has 2 rings (SSSR count). The Balaban J connectivity index is 1.66. The van der Waals surface area contributed by atoms with Crippen LogP contribution in [-0.4, -0.2) is 142 Å². The number of hydrogen-bond acceptors (Lipinski definition) is 14. The highest BCUT2D eigenvalue weighted by atomic mass is 16.7. The van der Waals surface area contributed by atoms with Crippen molar-refractivity contribution in [3.8, 4) is 0 Å². The van der Waals surface area contributed by atoms with E-state index in [9.17, 15) is 40.5 Å². The largest absolute Gasteiger partial charge is 0.457 e. The van der Waals surface area contributed by atoms with Crippen LogP contribution in [0.5, 0.6) is 0 Å². The lowest BCUT2D eigenvalue weighted by atomic mass is 9.98.